The molecular formula is C31H42O8. The monoisotopic (exact) mass is 542 g/mol. The van der Waals surface area contributed by atoms with E-state index in [9.17, 15) is 19.2 Å². The van der Waals surface area contributed by atoms with Crippen LogP contribution < -0.4 is 0 Å². The summed E-state index contributed by atoms with van der Waals surface area (Å²) in [7, 11) is 0. The maximum atomic E-state index is 11.7. The van der Waals surface area contributed by atoms with Crippen molar-refractivity contribution in [2.24, 2.45) is 0 Å². The molecule has 0 atom stereocenters. The summed E-state index contributed by atoms with van der Waals surface area (Å²) in [4.78, 5) is 45.0. The summed E-state index contributed by atoms with van der Waals surface area (Å²) in [6.45, 7) is 5.10. The van der Waals surface area contributed by atoms with Crippen LogP contribution in [0.1, 0.15) is 126 Å². The Balaban J connectivity index is 0.000000391. The number of hydrogen-bond donors (Lipinski definition) is 2. The van der Waals surface area contributed by atoms with Gasteiger partial charge in [-0.2, -0.15) is 0 Å². The molecule has 2 aromatic carbocycles. The molecule has 214 valence electrons. The van der Waals surface area contributed by atoms with Crippen LogP contribution >= 0.6 is 0 Å². The zero-order valence-corrected chi connectivity index (χ0v) is 23.2. The quantitative estimate of drug-likeness (QED) is 0.156. The number of rotatable bonds is 17. The highest BCUT2D eigenvalue weighted by Crippen LogP contribution is 2.10. The second-order valence-corrected chi connectivity index (χ2v) is 9.23. The Hall–Kier alpha value is -3.68. The number of hydrogen-bond acceptors (Lipinski definition) is 6. The van der Waals surface area contributed by atoms with Gasteiger partial charge in [0.05, 0.1) is 35.5 Å². The van der Waals surface area contributed by atoms with Crippen molar-refractivity contribution in [1.29, 1.82) is 0 Å². The predicted octanol–water partition coefficient (Wildman–Crippen LogP) is 7.41. The van der Waals surface area contributed by atoms with E-state index in [1.807, 2.05) is 0 Å². The number of esters is 2. The highest BCUT2D eigenvalue weighted by atomic mass is 16.5. The predicted molar refractivity (Wildman–Crippen MR) is 150 cm³/mol. The summed E-state index contributed by atoms with van der Waals surface area (Å²) in [5.41, 5.74) is 0.765. The second-order valence-electron chi connectivity index (χ2n) is 9.23. The van der Waals surface area contributed by atoms with Crippen LogP contribution in [0.2, 0.25) is 0 Å². The minimum Gasteiger partial charge on any atom is -0.478 e. The molecule has 0 fully saturated rings. The van der Waals surface area contributed by atoms with Crippen LogP contribution in [-0.2, 0) is 9.47 Å². The first kappa shape index (κ1) is 33.3. The van der Waals surface area contributed by atoms with Crippen molar-refractivity contribution in [3.63, 3.8) is 0 Å². The number of unbranched alkanes of at least 4 members (excludes halogenated alkanes) is 9. The van der Waals surface area contributed by atoms with Gasteiger partial charge in [-0.05, 0) is 49.2 Å². The summed E-state index contributed by atoms with van der Waals surface area (Å²) in [6, 6.07) is 11.8. The molecule has 0 aromatic heterocycles. The number of benzene rings is 2. The molecular weight excluding hydrogens is 500 g/mol. The molecule has 2 aromatic rings. The van der Waals surface area contributed by atoms with Crippen molar-refractivity contribution in [1.82, 2.24) is 0 Å². The molecule has 0 spiro atoms. The third-order valence-corrected chi connectivity index (χ3v) is 5.90. The van der Waals surface area contributed by atoms with E-state index in [0.717, 1.165) is 32.1 Å². The minimum absolute atomic E-state index is 0.0948. The third-order valence-electron chi connectivity index (χ3n) is 5.90. The molecule has 8 heteroatoms. The third kappa shape index (κ3) is 14.7. The maximum Gasteiger partial charge on any atom is 0.338 e. The molecule has 0 aliphatic carbocycles. The van der Waals surface area contributed by atoms with Crippen LogP contribution in [0, 0.1) is 0 Å². The highest BCUT2D eigenvalue weighted by molar-refractivity contribution is 5.95. The van der Waals surface area contributed by atoms with Crippen LogP contribution in [0.4, 0.5) is 0 Å². The van der Waals surface area contributed by atoms with Crippen LogP contribution in [0.25, 0.3) is 0 Å². The fraction of sp³-hybridized carbons (Fsp3) is 0.484. The SMILES string of the molecule is CCCCCCCCOC(=O)c1cccc(C(=O)O)c1.CCCCCCCOC(=O)c1cccc(C(=O)O)c1. The summed E-state index contributed by atoms with van der Waals surface area (Å²) in [5, 5.41) is 17.7. The van der Waals surface area contributed by atoms with Gasteiger partial charge in [0.2, 0.25) is 0 Å². The van der Waals surface area contributed by atoms with Gasteiger partial charge in [0.1, 0.15) is 0 Å². The van der Waals surface area contributed by atoms with Gasteiger partial charge < -0.3 is 19.7 Å². The Morgan fingerprint density at radius 2 is 0.872 bits per heavy atom. The van der Waals surface area contributed by atoms with E-state index in [1.165, 1.54) is 62.8 Å². The molecule has 8 nitrogen and oxygen atoms in total. The topological polar surface area (TPSA) is 127 Å². The molecule has 2 N–H and O–H groups in total. The Morgan fingerprint density at radius 3 is 1.23 bits per heavy atom. The van der Waals surface area contributed by atoms with Crippen LogP contribution in [-0.4, -0.2) is 47.3 Å². The van der Waals surface area contributed by atoms with Crippen LogP contribution in [0.15, 0.2) is 48.5 Å². The zero-order chi connectivity index (χ0) is 28.9. The molecule has 0 bridgehead atoms. The maximum absolute atomic E-state index is 11.7. The fourth-order valence-corrected chi connectivity index (χ4v) is 3.64. The second kappa shape index (κ2) is 20.3. The van der Waals surface area contributed by atoms with Crippen molar-refractivity contribution in [3.05, 3.63) is 70.8 Å². The molecule has 0 aliphatic heterocycles. The molecule has 0 heterocycles. The molecule has 0 unspecified atom stereocenters. The Kier molecular flexibility index (Phi) is 17.4. The zero-order valence-electron chi connectivity index (χ0n) is 23.2. The molecule has 0 saturated carbocycles. The number of carboxylic acids is 2. The van der Waals surface area contributed by atoms with E-state index in [-0.39, 0.29) is 22.3 Å². The van der Waals surface area contributed by atoms with Crippen molar-refractivity contribution in [2.75, 3.05) is 13.2 Å². The number of carbonyl (C=O) groups is 4. The van der Waals surface area contributed by atoms with Crippen molar-refractivity contribution in [3.8, 4) is 0 Å². The Bertz CT molecular complexity index is 1030. The smallest absolute Gasteiger partial charge is 0.338 e. The lowest BCUT2D eigenvalue weighted by atomic mass is 10.1. The van der Waals surface area contributed by atoms with Gasteiger partial charge in [0, 0.05) is 0 Å². The van der Waals surface area contributed by atoms with E-state index in [2.05, 4.69) is 13.8 Å². The fourth-order valence-electron chi connectivity index (χ4n) is 3.64. The van der Waals surface area contributed by atoms with E-state index in [1.54, 1.807) is 24.3 Å². The summed E-state index contributed by atoms with van der Waals surface area (Å²) < 4.78 is 10.2. The number of carboxylic acid groups (broad SMARTS) is 2. The lowest BCUT2D eigenvalue weighted by Crippen LogP contribution is -2.08. The number of aromatic carboxylic acids is 2. The summed E-state index contributed by atoms with van der Waals surface area (Å²) >= 11 is 0. The Morgan fingerprint density at radius 1 is 0.538 bits per heavy atom. The van der Waals surface area contributed by atoms with Gasteiger partial charge in [-0.1, -0.05) is 83.8 Å². The molecule has 2 rings (SSSR count). The van der Waals surface area contributed by atoms with E-state index >= 15 is 0 Å². The molecule has 0 aliphatic rings. The van der Waals surface area contributed by atoms with E-state index in [0.29, 0.717) is 13.2 Å². The van der Waals surface area contributed by atoms with E-state index in [4.69, 9.17) is 19.7 Å². The first-order chi connectivity index (χ1) is 18.8. The van der Waals surface area contributed by atoms with Crippen molar-refractivity contribution >= 4 is 23.9 Å². The van der Waals surface area contributed by atoms with Gasteiger partial charge >= 0.3 is 23.9 Å². The number of carbonyl (C=O) groups excluding carboxylic acids is 2. The first-order valence-electron chi connectivity index (χ1n) is 13.8. The van der Waals surface area contributed by atoms with E-state index < -0.39 is 23.9 Å². The molecule has 0 radical (unpaired) electrons. The van der Waals surface area contributed by atoms with Gasteiger partial charge in [-0.3, -0.25) is 0 Å². The van der Waals surface area contributed by atoms with Gasteiger partial charge in [-0.15, -0.1) is 0 Å². The normalized spacial score (nSPS) is 10.2. The van der Waals surface area contributed by atoms with Gasteiger partial charge in [-0.25, -0.2) is 19.2 Å². The van der Waals surface area contributed by atoms with Crippen LogP contribution in [0.3, 0.4) is 0 Å². The standard InChI is InChI=1S/C16H22O4.C15H20O4/c1-2-3-4-5-6-7-11-20-16(19)14-10-8-9-13(12-14)15(17)18;1-2-3-4-5-6-10-19-15(18)13-9-7-8-12(11-13)14(16)17/h8-10,12H,2-7,11H2,1H3,(H,17,18);7-9,11H,2-6,10H2,1H3,(H,16,17). The van der Waals surface area contributed by atoms with Crippen LogP contribution in [0.5, 0.6) is 0 Å². The average Bonchev–Trinajstić information content (AvgIpc) is 2.94. The largest absolute Gasteiger partial charge is 0.478 e. The lowest BCUT2D eigenvalue weighted by Gasteiger charge is -2.05. The van der Waals surface area contributed by atoms with Gasteiger partial charge in [0.25, 0.3) is 0 Å². The summed E-state index contributed by atoms with van der Waals surface area (Å²) in [6.07, 6.45) is 12.2. The van der Waals surface area contributed by atoms with Gasteiger partial charge in [0.15, 0.2) is 0 Å². The number of ether oxygens (including phenoxy) is 2. The minimum atomic E-state index is -1.05. The molecule has 39 heavy (non-hydrogen) atoms. The molecule has 0 amide bonds. The highest BCUT2D eigenvalue weighted by Gasteiger charge is 2.11. The first-order valence-corrected chi connectivity index (χ1v) is 13.8. The molecule has 0 saturated heterocycles. The Labute approximate surface area is 231 Å². The van der Waals surface area contributed by atoms with Crippen molar-refractivity contribution < 1.29 is 38.9 Å². The summed E-state index contributed by atoms with van der Waals surface area (Å²) in [5.74, 6) is -3.01. The van der Waals surface area contributed by atoms with Crippen molar-refractivity contribution in [2.45, 2.75) is 84.5 Å². The average molecular weight is 543 g/mol. The lowest BCUT2D eigenvalue weighted by molar-refractivity contribution is 0.0488.